The maximum absolute atomic E-state index is 9.39. The number of aromatic nitrogens is 3. The average molecular weight is 372 g/mol. The SMILES string of the molecule is CN(C)c1cc(C#Cc2ccc(-c3cn4c(n3)CCC(CO)C4)cc2)ccn1. The van der Waals surface area contributed by atoms with E-state index in [1.54, 1.807) is 6.20 Å². The standard InChI is InChI=1S/C23H24N4O/c1-26(2)23-13-18(11-12-24-23)4-3-17-5-8-20(9-6-17)21-15-27-14-19(16-28)7-10-22(27)25-21/h5-6,8-9,11-13,15,19,28H,7,10,14,16H2,1-2H3. The molecule has 0 saturated heterocycles. The highest BCUT2D eigenvalue weighted by Gasteiger charge is 2.20. The van der Waals surface area contributed by atoms with Gasteiger partial charge in [-0.2, -0.15) is 0 Å². The van der Waals surface area contributed by atoms with Gasteiger partial charge in [-0.25, -0.2) is 9.97 Å². The summed E-state index contributed by atoms with van der Waals surface area (Å²) < 4.78 is 2.18. The third kappa shape index (κ3) is 3.92. The summed E-state index contributed by atoms with van der Waals surface area (Å²) in [5.41, 5.74) is 3.99. The molecule has 4 rings (SSSR count). The van der Waals surface area contributed by atoms with Crippen LogP contribution in [0.15, 0.2) is 48.8 Å². The van der Waals surface area contributed by atoms with Crippen LogP contribution >= 0.6 is 0 Å². The molecule has 3 heterocycles. The van der Waals surface area contributed by atoms with Gasteiger partial charge in [-0.1, -0.05) is 24.0 Å². The Labute approximate surface area is 165 Å². The normalized spacial score (nSPS) is 15.5. The van der Waals surface area contributed by atoms with Crippen molar-refractivity contribution in [3.05, 3.63) is 65.7 Å². The second-order valence-corrected chi connectivity index (χ2v) is 7.41. The van der Waals surface area contributed by atoms with Gasteiger partial charge in [0.1, 0.15) is 11.6 Å². The summed E-state index contributed by atoms with van der Waals surface area (Å²) in [4.78, 5) is 11.1. The van der Waals surface area contributed by atoms with Crippen LogP contribution in [-0.4, -0.2) is 40.3 Å². The molecule has 1 aromatic carbocycles. The number of anilines is 1. The molecule has 5 nitrogen and oxygen atoms in total. The number of pyridine rings is 1. The van der Waals surface area contributed by atoms with Gasteiger partial charge in [0.05, 0.1) is 5.69 Å². The first-order valence-corrected chi connectivity index (χ1v) is 9.55. The molecule has 0 bridgehead atoms. The third-order valence-corrected chi connectivity index (χ3v) is 5.08. The Morgan fingerprint density at radius 3 is 2.68 bits per heavy atom. The zero-order chi connectivity index (χ0) is 19.5. The minimum atomic E-state index is 0.244. The van der Waals surface area contributed by atoms with Crippen LogP contribution in [0.1, 0.15) is 23.4 Å². The Kier molecular flexibility index (Phi) is 5.14. The van der Waals surface area contributed by atoms with E-state index in [2.05, 4.69) is 39.7 Å². The molecule has 28 heavy (non-hydrogen) atoms. The summed E-state index contributed by atoms with van der Waals surface area (Å²) in [5, 5.41) is 9.39. The fraction of sp³-hybridized carbons (Fsp3) is 0.304. The van der Waals surface area contributed by atoms with E-state index in [-0.39, 0.29) is 6.61 Å². The molecule has 0 spiro atoms. The van der Waals surface area contributed by atoms with E-state index in [9.17, 15) is 5.11 Å². The minimum Gasteiger partial charge on any atom is -0.396 e. The molecule has 2 aromatic heterocycles. The quantitative estimate of drug-likeness (QED) is 0.718. The summed E-state index contributed by atoms with van der Waals surface area (Å²) in [6, 6.07) is 12.1. The lowest BCUT2D eigenvalue weighted by molar-refractivity contribution is 0.190. The molecule has 5 heteroatoms. The molecule has 3 aromatic rings. The zero-order valence-corrected chi connectivity index (χ0v) is 16.3. The second kappa shape index (κ2) is 7.87. The van der Waals surface area contributed by atoms with Crippen LogP contribution in [0.25, 0.3) is 11.3 Å². The molecule has 1 aliphatic heterocycles. The minimum absolute atomic E-state index is 0.244. The Bertz CT molecular complexity index is 1020. The molecule has 0 saturated carbocycles. The fourth-order valence-corrected chi connectivity index (χ4v) is 3.41. The van der Waals surface area contributed by atoms with Crippen LogP contribution in [0.3, 0.4) is 0 Å². The predicted molar refractivity (Wildman–Crippen MR) is 111 cm³/mol. The van der Waals surface area contributed by atoms with Crippen molar-refractivity contribution in [3.63, 3.8) is 0 Å². The number of benzene rings is 1. The summed E-state index contributed by atoms with van der Waals surface area (Å²) in [6.45, 7) is 1.09. The summed E-state index contributed by atoms with van der Waals surface area (Å²) >= 11 is 0. The van der Waals surface area contributed by atoms with Gasteiger partial charge in [0, 0.05) is 68.7 Å². The Morgan fingerprint density at radius 2 is 1.93 bits per heavy atom. The van der Waals surface area contributed by atoms with E-state index in [0.29, 0.717) is 5.92 Å². The van der Waals surface area contributed by atoms with E-state index in [1.165, 1.54) is 0 Å². The molecule has 142 valence electrons. The van der Waals surface area contributed by atoms with Crippen LogP contribution in [0.4, 0.5) is 5.82 Å². The van der Waals surface area contributed by atoms with Crippen molar-refractivity contribution in [3.8, 4) is 23.1 Å². The second-order valence-electron chi connectivity index (χ2n) is 7.41. The van der Waals surface area contributed by atoms with Gasteiger partial charge >= 0.3 is 0 Å². The summed E-state index contributed by atoms with van der Waals surface area (Å²) in [7, 11) is 3.94. The maximum Gasteiger partial charge on any atom is 0.129 e. The maximum atomic E-state index is 9.39. The first-order chi connectivity index (χ1) is 13.6. The number of nitrogens with zero attached hydrogens (tertiary/aromatic N) is 4. The van der Waals surface area contributed by atoms with Crippen LogP contribution in [-0.2, 0) is 13.0 Å². The first-order valence-electron chi connectivity index (χ1n) is 9.55. The fourth-order valence-electron chi connectivity index (χ4n) is 3.41. The Morgan fingerprint density at radius 1 is 1.14 bits per heavy atom. The van der Waals surface area contributed by atoms with Gasteiger partial charge < -0.3 is 14.6 Å². The number of fused-ring (bicyclic) bond motifs is 1. The molecule has 1 atom stereocenters. The summed E-state index contributed by atoms with van der Waals surface area (Å²) in [5.74, 6) is 8.77. The van der Waals surface area contributed by atoms with E-state index < -0.39 is 0 Å². The molecule has 0 aliphatic carbocycles. The van der Waals surface area contributed by atoms with Gasteiger partial charge in [-0.05, 0) is 30.7 Å². The lowest BCUT2D eigenvalue weighted by Crippen LogP contribution is -2.22. The van der Waals surface area contributed by atoms with Crippen molar-refractivity contribution in [1.29, 1.82) is 0 Å². The predicted octanol–water partition coefficient (Wildman–Crippen LogP) is 2.97. The number of imidazole rings is 1. The van der Waals surface area contributed by atoms with Crippen LogP contribution in [0.5, 0.6) is 0 Å². The molecule has 1 N–H and O–H groups in total. The van der Waals surface area contributed by atoms with Crippen LogP contribution in [0, 0.1) is 17.8 Å². The number of aliphatic hydroxyl groups is 1. The average Bonchev–Trinajstić information content (AvgIpc) is 3.16. The van der Waals surface area contributed by atoms with Gasteiger partial charge in [0.2, 0.25) is 0 Å². The molecule has 1 unspecified atom stereocenters. The smallest absolute Gasteiger partial charge is 0.129 e. The van der Waals surface area contributed by atoms with Crippen molar-refractivity contribution < 1.29 is 5.11 Å². The number of hydrogen-bond donors (Lipinski definition) is 1. The van der Waals surface area contributed by atoms with E-state index in [4.69, 9.17) is 4.98 Å². The lowest BCUT2D eigenvalue weighted by atomic mass is 10.0. The Balaban J connectivity index is 1.51. The van der Waals surface area contributed by atoms with E-state index in [0.717, 1.165) is 53.4 Å². The highest BCUT2D eigenvalue weighted by atomic mass is 16.3. The van der Waals surface area contributed by atoms with Crippen molar-refractivity contribution >= 4 is 5.82 Å². The highest BCUT2D eigenvalue weighted by Crippen LogP contribution is 2.25. The molecule has 0 radical (unpaired) electrons. The monoisotopic (exact) mass is 372 g/mol. The number of hydrogen-bond acceptors (Lipinski definition) is 4. The van der Waals surface area contributed by atoms with Gasteiger partial charge in [-0.3, -0.25) is 0 Å². The van der Waals surface area contributed by atoms with Crippen molar-refractivity contribution in [2.45, 2.75) is 19.4 Å². The Hall–Kier alpha value is -3.10. The van der Waals surface area contributed by atoms with E-state index in [1.807, 2.05) is 43.3 Å². The van der Waals surface area contributed by atoms with Gasteiger partial charge in [0.15, 0.2) is 0 Å². The van der Waals surface area contributed by atoms with Crippen molar-refractivity contribution in [1.82, 2.24) is 14.5 Å². The third-order valence-electron chi connectivity index (χ3n) is 5.08. The first kappa shape index (κ1) is 18.3. The topological polar surface area (TPSA) is 54.2 Å². The molecule has 0 amide bonds. The van der Waals surface area contributed by atoms with Crippen LogP contribution < -0.4 is 4.90 Å². The van der Waals surface area contributed by atoms with Crippen LogP contribution in [0.2, 0.25) is 0 Å². The van der Waals surface area contributed by atoms with Crippen molar-refractivity contribution in [2.75, 3.05) is 25.6 Å². The van der Waals surface area contributed by atoms with E-state index >= 15 is 0 Å². The van der Waals surface area contributed by atoms with Gasteiger partial charge in [-0.15, -0.1) is 0 Å². The molecule has 0 fully saturated rings. The molecule has 1 aliphatic rings. The number of rotatable bonds is 3. The molecular formula is C23H24N4O. The number of aliphatic hydroxyl groups excluding tert-OH is 1. The highest BCUT2D eigenvalue weighted by molar-refractivity contribution is 5.60. The lowest BCUT2D eigenvalue weighted by Gasteiger charge is -2.21. The van der Waals surface area contributed by atoms with Crippen molar-refractivity contribution in [2.24, 2.45) is 5.92 Å². The zero-order valence-electron chi connectivity index (χ0n) is 16.3. The number of aryl methyl sites for hydroxylation is 1. The van der Waals surface area contributed by atoms with Gasteiger partial charge in [0.25, 0.3) is 0 Å². The largest absolute Gasteiger partial charge is 0.396 e. The summed E-state index contributed by atoms with van der Waals surface area (Å²) in [6.07, 6.45) is 5.81. The molecular weight excluding hydrogens is 348 g/mol.